The number of amidine groups is 1. The maximum Gasteiger partial charge on any atom is 0.490 e. The zero-order valence-corrected chi connectivity index (χ0v) is 9.16. The first-order valence-corrected chi connectivity index (χ1v) is 4.62. The number of nitrogen functional groups attached to an aromatic ring is 1. The highest BCUT2D eigenvalue weighted by atomic mass is 19.4. The molecule has 0 radical (unpaired) electrons. The van der Waals surface area contributed by atoms with Crippen LogP contribution in [0.15, 0.2) is 24.3 Å². The second-order valence-corrected chi connectivity index (χ2v) is 3.12. The van der Waals surface area contributed by atoms with Crippen molar-refractivity contribution in [3.05, 3.63) is 35.4 Å². The third-order valence-corrected chi connectivity index (χ3v) is 1.74. The molecule has 6 N–H and O–H groups in total. The van der Waals surface area contributed by atoms with Crippen LogP contribution in [0.4, 0.5) is 13.2 Å². The van der Waals surface area contributed by atoms with Crippen LogP contribution in [-0.2, 0) is 11.3 Å². The molecule has 1 aromatic carbocycles. The van der Waals surface area contributed by atoms with Crippen molar-refractivity contribution in [1.29, 1.82) is 5.41 Å². The fourth-order valence-corrected chi connectivity index (χ4v) is 0.820. The Morgan fingerprint density at radius 1 is 1.28 bits per heavy atom. The number of nitrogens with two attached hydrogens (primary N) is 2. The Hall–Kier alpha value is -2.09. The summed E-state index contributed by atoms with van der Waals surface area (Å²) in [6.45, 7) is 0.526. The number of halogens is 3. The minimum absolute atomic E-state index is 0.0913. The summed E-state index contributed by atoms with van der Waals surface area (Å²) >= 11 is 0. The molecule has 0 bridgehead atoms. The lowest BCUT2D eigenvalue weighted by Gasteiger charge is -1.98. The Bertz CT molecular complexity index is 415. The van der Waals surface area contributed by atoms with Crippen LogP contribution in [0.2, 0.25) is 0 Å². The number of benzene rings is 1. The molecule has 0 aliphatic carbocycles. The van der Waals surface area contributed by atoms with Crippen molar-refractivity contribution in [3.8, 4) is 0 Å². The average Bonchev–Trinajstić information content (AvgIpc) is 2.28. The maximum absolute atomic E-state index is 10.6. The minimum atomic E-state index is -5.08. The van der Waals surface area contributed by atoms with Gasteiger partial charge in [0.25, 0.3) is 0 Å². The highest BCUT2D eigenvalue weighted by Gasteiger charge is 2.38. The van der Waals surface area contributed by atoms with Crippen LogP contribution in [0.25, 0.3) is 0 Å². The van der Waals surface area contributed by atoms with Crippen LogP contribution in [-0.4, -0.2) is 23.1 Å². The number of rotatable bonds is 2. The topological polar surface area (TPSA) is 113 Å². The predicted molar refractivity (Wildman–Crippen MR) is 59.0 cm³/mol. The molecule has 0 spiro atoms. The number of carbonyl (C=O) groups is 1. The zero-order valence-electron chi connectivity index (χ0n) is 9.16. The molecule has 1 aromatic rings. The van der Waals surface area contributed by atoms with Crippen molar-refractivity contribution in [2.75, 3.05) is 0 Å². The van der Waals surface area contributed by atoms with Gasteiger partial charge < -0.3 is 16.6 Å². The van der Waals surface area contributed by atoms with Gasteiger partial charge in [-0.3, -0.25) is 5.41 Å². The van der Waals surface area contributed by atoms with Gasteiger partial charge in [0.2, 0.25) is 0 Å². The first-order valence-electron chi connectivity index (χ1n) is 4.62. The van der Waals surface area contributed by atoms with Crippen molar-refractivity contribution in [2.24, 2.45) is 11.5 Å². The van der Waals surface area contributed by atoms with Crippen molar-refractivity contribution in [3.63, 3.8) is 0 Å². The van der Waals surface area contributed by atoms with Crippen LogP contribution in [0.5, 0.6) is 0 Å². The number of hydrogen-bond acceptors (Lipinski definition) is 3. The number of aliphatic carboxylic acids is 1. The van der Waals surface area contributed by atoms with Crippen molar-refractivity contribution < 1.29 is 23.1 Å². The fourth-order valence-electron chi connectivity index (χ4n) is 0.820. The van der Waals surface area contributed by atoms with E-state index in [9.17, 15) is 13.2 Å². The second kappa shape index (κ2) is 6.60. The molecule has 18 heavy (non-hydrogen) atoms. The summed E-state index contributed by atoms with van der Waals surface area (Å²) < 4.78 is 31.7. The summed E-state index contributed by atoms with van der Waals surface area (Å²) in [7, 11) is 0. The van der Waals surface area contributed by atoms with Gasteiger partial charge in [0.1, 0.15) is 5.84 Å². The van der Waals surface area contributed by atoms with Crippen molar-refractivity contribution in [1.82, 2.24) is 0 Å². The van der Waals surface area contributed by atoms with Crippen LogP contribution >= 0.6 is 0 Å². The molecule has 0 saturated carbocycles. The maximum atomic E-state index is 10.6. The molecule has 8 heteroatoms. The van der Waals surface area contributed by atoms with E-state index in [1.54, 1.807) is 12.1 Å². The van der Waals surface area contributed by atoms with Gasteiger partial charge in [-0.2, -0.15) is 13.2 Å². The summed E-state index contributed by atoms with van der Waals surface area (Å²) in [6.07, 6.45) is -5.08. The van der Waals surface area contributed by atoms with Gasteiger partial charge in [0.05, 0.1) is 0 Å². The van der Waals surface area contributed by atoms with Gasteiger partial charge in [-0.15, -0.1) is 0 Å². The van der Waals surface area contributed by atoms with Gasteiger partial charge in [0.15, 0.2) is 0 Å². The SMILES string of the molecule is N=C(N)c1ccc(CN)cc1.O=C(O)C(F)(F)F. The molecule has 0 fully saturated rings. The molecule has 0 heterocycles. The molecule has 0 aliphatic rings. The first kappa shape index (κ1) is 15.9. The molecule has 5 nitrogen and oxygen atoms in total. The number of carboxylic acids is 1. The summed E-state index contributed by atoms with van der Waals surface area (Å²) in [6, 6.07) is 7.34. The van der Waals surface area contributed by atoms with E-state index in [0.29, 0.717) is 6.54 Å². The van der Waals surface area contributed by atoms with E-state index < -0.39 is 12.1 Å². The van der Waals surface area contributed by atoms with Gasteiger partial charge in [-0.05, 0) is 5.56 Å². The van der Waals surface area contributed by atoms with Crippen molar-refractivity contribution in [2.45, 2.75) is 12.7 Å². The number of alkyl halides is 3. The predicted octanol–water partition coefficient (Wildman–Crippen LogP) is 1.06. The lowest BCUT2D eigenvalue weighted by molar-refractivity contribution is -0.192. The van der Waals surface area contributed by atoms with E-state index in [2.05, 4.69) is 0 Å². The standard InChI is InChI=1S/C8H11N3.C2HF3O2/c9-5-6-1-3-7(4-2-6)8(10)11;3-2(4,5)1(6)7/h1-4H,5,9H2,(H3,10,11);(H,6,7). The van der Waals surface area contributed by atoms with E-state index in [4.69, 9.17) is 26.8 Å². The monoisotopic (exact) mass is 263 g/mol. The quantitative estimate of drug-likeness (QED) is 0.472. The molecule has 0 aromatic heterocycles. The molecule has 0 aliphatic heterocycles. The normalized spacial score (nSPS) is 10.2. The third-order valence-electron chi connectivity index (χ3n) is 1.74. The van der Waals surface area contributed by atoms with Crippen LogP contribution in [0.1, 0.15) is 11.1 Å². The van der Waals surface area contributed by atoms with Crippen molar-refractivity contribution >= 4 is 11.8 Å². The Kier molecular flexibility index (Phi) is 5.83. The van der Waals surface area contributed by atoms with Gasteiger partial charge in [-0.25, -0.2) is 4.79 Å². The number of carboxylic acid groups (broad SMARTS) is 1. The smallest absolute Gasteiger partial charge is 0.475 e. The molecular formula is C10H12F3N3O2. The molecule has 0 unspecified atom stereocenters. The average molecular weight is 263 g/mol. The first-order chi connectivity index (χ1) is 8.18. The lowest BCUT2D eigenvalue weighted by Crippen LogP contribution is -2.21. The fraction of sp³-hybridized carbons (Fsp3) is 0.200. The van der Waals surface area contributed by atoms with Crippen LogP contribution in [0, 0.1) is 5.41 Å². The number of hydrogen-bond donors (Lipinski definition) is 4. The molecule has 100 valence electrons. The Balaban J connectivity index is 0.000000360. The summed E-state index contributed by atoms with van der Waals surface area (Å²) in [5.74, 6) is -2.67. The van der Waals surface area contributed by atoms with E-state index in [1.165, 1.54) is 0 Å². The summed E-state index contributed by atoms with van der Waals surface area (Å²) in [5.41, 5.74) is 12.4. The minimum Gasteiger partial charge on any atom is -0.475 e. The second-order valence-electron chi connectivity index (χ2n) is 3.12. The molecule has 1 rings (SSSR count). The third kappa shape index (κ3) is 5.85. The summed E-state index contributed by atoms with van der Waals surface area (Å²) in [5, 5.41) is 14.2. The van der Waals surface area contributed by atoms with E-state index >= 15 is 0 Å². The Labute approximate surface area is 101 Å². The van der Waals surface area contributed by atoms with Crippen LogP contribution in [0.3, 0.4) is 0 Å². The van der Waals surface area contributed by atoms with Gasteiger partial charge in [0, 0.05) is 12.1 Å². The summed E-state index contributed by atoms with van der Waals surface area (Å²) in [4.78, 5) is 8.90. The molecule has 0 saturated heterocycles. The largest absolute Gasteiger partial charge is 0.490 e. The van der Waals surface area contributed by atoms with Gasteiger partial charge >= 0.3 is 12.1 Å². The highest BCUT2D eigenvalue weighted by molar-refractivity contribution is 5.94. The number of nitrogens with one attached hydrogen (secondary N) is 1. The van der Waals surface area contributed by atoms with E-state index in [-0.39, 0.29) is 5.84 Å². The van der Waals surface area contributed by atoms with Crippen LogP contribution < -0.4 is 11.5 Å². The van der Waals surface area contributed by atoms with Gasteiger partial charge in [-0.1, -0.05) is 24.3 Å². The molecule has 0 atom stereocenters. The molecular weight excluding hydrogens is 251 g/mol. The zero-order chi connectivity index (χ0) is 14.3. The van der Waals surface area contributed by atoms with E-state index in [0.717, 1.165) is 11.1 Å². The molecule has 0 amide bonds. The Morgan fingerprint density at radius 3 is 1.89 bits per heavy atom. The van der Waals surface area contributed by atoms with E-state index in [1.807, 2.05) is 12.1 Å². The highest BCUT2D eigenvalue weighted by Crippen LogP contribution is 2.13. The Morgan fingerprint density at radius 2 is 1.67 bits per heavy atom. The lowest BCUT2D eigenvalue weighted by atomic mass is 10.1.